The highest BCUT2D eigenvalue weighted by atomic mass is 16.5. The van der Waals surface area contributed by atoms with Crippen LogP contribution in [-0.4, -0.2) is 36.4 Å². The number of carbonyl (C=O) groups is 1. The average molecular weight is 265 g/mol. The molecule has 1 aliphatic heterocycles. The lowest BCUT2D eigenvalue weighted by Crippen LogP contribution is -2.32. The average Bonchev–Trinajstić information content (AvgIpc) is 2.42. The predicted molar refractivity (Wildman–Crippen MR) is 70.2 cm³/mol. The molecular formula is C14H19NO4. The number of carboxylic acid groups (broad SMARTS) is 1. The summed E-state index contributed by atoms with van der Waals surface area (Å²) in [5, 5.41) is 8.75. The summed E-state index contributed by atoms with van der Waals surface area (Å²) in [6.45, 7) is 1.44. The number of ether oxygens (including phenoxy) is 2. The summed E-state index contributed by atoms with van der Waals surface area (Å²) in [4.78, 5) is 10.7. The zero-order valence-electron chi connectivity index (χ0n) is 10.7. The van der Waals surface area contributed by atoms with E-state index in [4.69, 9.17) is 20.3 Å². The van der Waals surface area contributed by atoms with Crippen LogP contribution in [-0.2, 0) is 16.0 Å². The van der Waals surface area contributed by atoms with Gasteiger partial charge in [0, 0.05) is 6.61 Å². The first-order chi connectivity index (χ1) is 9.15. The fraction of sp³-hybridized carbons (Fsp3) is 0.500. The van der Waals surface area contributed by atoms with Gasteiger partial charge in [0.2, 0.25) is 0 Å². The van der Waals surface area contributed by atoms with Gasteiger partial charge >= 0.3 is 5.97 Å². The Balaban J connectivity index is 1.88. The number of benzene rings is 1. The van der Waals surface area contributed by atoms with Crippen molar-refractivity contribution in [2.45, 2.75) is 31.4 Å². The van der Waals surface area contributed by atoms with Gasteiger partial charge in [-0.15, -0.1) is 0 Å². The van der Waals surface area contributed by atoms with Gasteiger partial charge in [-0.25, -0.2) is 0 Å². The molecule has 1 aromatic rings. The third-order valence-electron chi connectivity index (χ3n) is 3.12. The van der Waals surface area contributed by atoms with Crippen molar-refractivity contribution in [3.63, 3.8) is 0 Å². The highest BCUT2D eigenvalue weighted by molar-refractivity contribution is 5.73. The molecule has 104 valence electrons. The van der Waals surface area contributed by atoms with Gasteiger partial charge in [0.1, 0.15) is 17.9 Å². The number of rotatable bonds is 5. The minimum absolute atomic E-state index is 0.112. The van der Waals surface area contributed by atoms with Crippen molar-refractivity contribution in [3.05, 3.63) is 29.8 Å². The number of carboxylic acids is 1. The Morgan fingerprint density at radius 3 is 2.79 bits per heavy atom. The molecule has 1 fully saturated rings. The minimum atomic E-state index is -0.986. The Bertz CT molecular complexity index is 412. The standard InChI is InChI=1S/C14H19NO4/c15-13(14(16)17)8-10-3-5-11(6-4-10)19-12-2-1-7-18-9-12/h3-6,12-13H,1-2,7-9,15H2,(H,16,17). The Hall–Kier alpha value is -1.59. The maximum absolute atomic E-state index is 10.7. The highest BCUT2D eigenvalue weighted by Gasteiger charge is 2.16. The molecule has 0 radical (unpaired) electrons. The van der Waals surface area contributed by atoms with Crippen LogP contribution in [0.4, 0.5) is 0 Å². The third-order valence-corrected chi connectivity index (χ3v) is 3.12. The topological polar surface area (TPSA) is 81.8 Å². The van der Waals surface area contributed by atoms with E-state index in [2.05, 4.69) is 0 Å². The summed E-state index contributed by atoms with van der Waals surface area (Å²) in [5.74, 6) is -0.206. The first kappa shape index (κ1) is 13.8. The quantitative estimate of drug-likeness (QED) is 0.836. The van der Waals surface area contributed by atoms with Gasteiger partial charge in [-0.3, -0.25) is 4.79 Å². The van der Waals surface area contributed by atoms with Crippen molar-refractivity contribution in [2.75, 3.05) is 13.2 Å². The summed E-state index contributed by atoms with van der Waals surface area (Å²) in [5.41, 5.74) is 6.38. The number of hydrogen-bond donors (Lipinski definition) is 2. The van der Waals surface area contributed by atoms with Gasteiger partial charge in [0.05, 0.1) is 6.61 Å². The normalized spacial score (nSPS) is 20.8. The first-order valence-electron chi connectivity index (χ1n) is 6.47. The van der Waals surface area contributed by atoms with E-state index in [1.807, 2.05) is 24.3 Å². The molecule has 2 rings (SSSR count). The number of nitrogens with two attached hydrogens (primary N) is 1. The fourth-order valence-electron chi connectivity index (χ4n) is 2.04. The smallest absolute Gasteiger partial charge is 0.320 e. The zero-order chi connectivity index (χ0) is 13.7. The Labute approximate surface area is 112 Å². The van der Waals surface area contributed by atoms with Gasteiger partial charge in [0.25, 0.3) is 0 Å². The molecule has 1 saturated heterocycles. The van der Waals surface area contributed by atoms with Gasteiger partial charge < -0.3 is 20.3 Å². The second-order valence-electron chi connectivity index (χ2n) is 4.75. The lowest BCUT2D eigenvalue weighted by molar-refractivity contribution is -0.138. The van der Waals surface area contributed by atoms with E-state index in [0.717, 1.165) is 30.8 Å². The lowest BCUT2D eigenvalue weighted by Gasteiger charge is -2.23. The summed E-state index contributed by atoms with van der Waals surface area (Å²) >= 11 is 0. The van der Waals surface area contributed by atoms with Crippen LogP contribution < -0.4 is 10.5 Å². The van der Waals surface area contributed by atoms with Crippen molar-refractivity contribution in [2.24, 2.45) is 5.73 Å². The highest BCUT2D eigenvalue weighted by Crippen LogP contribution is 2.18. The molecule has 0 amide bonds. The van der Waals surface area contributed by atoms with Gasteiger partial charge in [-0.05, 0) is 37.0 Å². The molecule has 5 nitrogen and oxygen atoms in total. The first-order valence-corrected chi connectivity index (χ1v) is 6.47. The lowest BCUT2D eigenvalue weighted by atomic mass is 10.1. The second kappa shape index (κ2) is 6.54. The van der Waals surface area contributed by atoms with Crippen LogP contribution in [0, 0.1) is 0 Å². The van der Waals surface area contributed by atoms with Crippen molar-refractivity contribution in [3.8, 4) is 5.75 Å². The molecular weight excluding hydrogens is 246 g/mol. The van der Waals surface area contributed by atoms with Crippen LogP contribution in [0.25, 0.3) is 0 Å². The molecule has 1 aromatic carbocycles. The summed E-state index contributed by atoms with van der Waals surface area (Å²) in [6.07, 6.45) is 2.46. The molecule has 3 N–H and O–H groups in total. The minimum Gasteiger partial charge on any atom is -0.488 e. The molecule has 2 unspecified atom stereocenters. The molecule has 0 bridgehead atoms. The molecule has 1 heterocycles. The monoisotopic (exact) mass is 265 g/mol. The van der Waals surface area contributed by atoms with E-state index in [0.29, 0.717) is 13.0 Å². The molecule has 0 aliphatic carbocycles. The van der Waals surface area contributed by atoms with Crippen molar-refractivity contribution < 1.29 is 19.4 Å². The SMILES string of the molecule is NC(Cc1ccc(OC2CCCOC2)cc1)C(=O)O. The maximum atomic E-state index is 10.7. The Morgan fingerprint density at radius 2 is 2.21 bits per heavy atom. The Morgan fingerprint density at radius 1 is 1.47 bits per heavy atom. The van der Waals surface area contributed by atoms with E-state index in [1.165, 1.54) is 0 Å². The van der Waals surface area contributed by atoms with E-state index in [1.54, 1.807) is 0 Å². The zero-order valence-corrected chi connectivity index (χ0v) is 10.7. The number of aliphatic carboxylic acids is 1. The molecule has 0 aromatic heterocycles. The maximum Gasteiger partial charge on any atom is 0.320 e. The van der Waals surface area contributed by atoms with E-state index < -0.39 is 12.0 Å². The van der Waals surface area contributed by atoms with Crippen LogP contribution in [0.2, 0.25) is 0 Å². The Kier molecular flexibility index (Phi) is 4.76. The molecule has 5 heteroatoms. The van der Waals surface area contributed by atoms with Crippen LogP contribution in [0.5, 0.6) is 5.75 Å². The molecule has 1 aliphatic rings. The second-order valence-corrected chi connectivity index (χ2v) is 4.75. The van der Waals surface area contributed by atoms with Gasteiger partial charge in [-0.2, -0.15) is 0 Å². The molecule has 2 atom stereocenters. The van der Waals surface area contributed by atoms with E-state index in [9.17, 15) is 4.79 Å². The fourth-order valence-corrected chi connectivity index (χ4v) is 2.04. The molecule has 0 spiro atoms. The summed E-state index contributed by atoms with van der Waals surface area (Å²) in [7, 11) is 0. The van der Waals surface area contributed by atoms with E-state index >= 15 is 0 Å². The van der Waals surface area contributed by atoms with Gasteiger partial charge in [-0.1, -0.05) is 12.1 Å². The molecule has 0 saturated carbocycles. The largest absolute Gasteiger partial charge is 0.488 e. The van der Waals surface area contributed by atoms with Crippen molar-refractivity contribution in [1.29, 1.82) is 0 Å². The van der Waals surface area contributed by atoms with Crippen molar-refractivity contribution in [1.82, 2.24) is 0 Å². The van der Waals surface area contributed by atoms with Crippen LogP contribution in [0.3, 0.4) is 0 Å². The van der Waals surface area contributed by atoms with Crippen molar-refractivity contribution >= 4 is 5.97 Å². The number of hydrogen-bond acceptors (Lipinski definition) is 4. The molecule has 19 heavy (non-hydrogen) atoms. The van der Waals surface area contributed by atoms with Crippen LogP contribution >= 0.6 is 0 Å². The summed E-state index contributed by atoms with van der Waals surface area (Å²) < 4.78 is 11.1. The van der Waals surface area contributed by atoms with E-state index in [-0.39, 0.29) is 6.10 Å². The predicted octanol–water partition coefficient (Wildman–Crippen LogP) is 1.20. The summed E-state index contributed by atoms with van der Waals surface area (Å²) in [6, 6.07) is 6.53. The van der Waals surface area contributed by atoms with Crippen LogP contribution in [0.1, 0.15) is 18.4 Å². The third kappa shape index (κ3) is 4.22. The van der Waals surface area contributed by atoms with Crippen LogP contribution in [0.15, 0.2) is 24.3 Å². The van der Waals surface area contributed by atoms with Gasteiger partial charge in [0.15, 0.2) is 0 Å².